The van der Waals surface area contributed by atoms with Gasteiger partial charge in [-0.3, -0.25) is 9.59 Å². The SMILES string of the molecule is CCOC(=O)C1CCN(C(=O)CSc2ccc(C)c(C)c2)CC1. The number of piperidine rings is 1. The molecule has 126 valence electrons. The molecule has 5 heteroatoms. The van der Waals surface area contributed by atoms with Crippen molar-refractivity contribution in [1.29, 1.82) is 0 Å². The van der Waals surface area contributed by atoms with Crippen LogP contribution in [0.3, 0.4) is 0 Å². The Hall–Kier alpha value is -1.49. The Morgan fingerprint density at radius 3 is 2.52 bits per heavy atom. The highest BCUT2D eigenvalue weighted by atomic mass is 32.2. The van der Waals surface area contributed by atoms with E-state index >= 15 is 0 Å². The zero-order valence-corrected chi connectivity index (χ0v) is 14.9. The quantitative estimate of drug-likeness (QED) is 0.612. The molecular weight excluding hydrogens is 310 g/mol. The Bertz CT molecular complexity index is 565. The van der Waals surface area contributed by atoms with E-state index in [0.29, 0.717) is 38.3 Å². The van der Waals surface area contributed by atoms with Gasteiger partial charge in [-0.25, -0.2) is 0 Å². The molecular formula is C18H25NO3S. The zero-order valence-electron chi connectivity index (χ0n) is 14.1. The average Bonchev–Trinajstić information content (AvgIpc) is 2.56. The van der Waals surface area contributed by atoms with Crippen molar-refractivity contribution in [3.63, 3.8) is 0 Å². The summed E-state index contributed by atoms with van der Waals surface area (Å²) in [6.45, 7) is 7.71. The first kappa shape index (κ1) is 17.9. The number of rotatable bonds is 5. The van der Waals surface area contributed by atoms with Crippen LogP contribution in [0.25, 0.3) is 0 Å². The molecule has 4 nitrogen and oxygen atoms in total. The van der Waals surface area contributed by atoms with Crippen molar-refractivity contribution in [3.8, 4) is 0 Å². The molecule has 0 aromatic heterocycles. The van der Waals surface area contributed by atoms with Gasteiger partial charge in [0, 0.05) is 18.0 Å². The van der Waals surface area contributed by atoms with E-state index in [2.05, 4.69) is 32.0 Å². The maximum atomic E-state index is 12.3. The van der Waals surface area contributed by atoms with Crippen LogP contribution in [0.15, 0.2) is 23.1 Å². The van der Waals surface area contributed by atoms with E-state index in [9.17, 15) is 9.59 Å². The first-order chi connectivity index (χ1) is 11.0. The van der Waals surface area contributed by atoms with E-state index in [1.165, 1.54) is 11.1 Å². The minimum Gasteiger partial charge on any atom is -0.466 e. The van der Waals surface area contributed by atoms with Crippen LogP contribution in [0.4, 0.5) is 0 Å². The third kappa shape index (κ3) is 4.99. The standard InChI is InChI=1S/C18H25NO3S/c1-4-22-18(21)15-7-9-19(10-8-15)17(20)12-23-16-6-5-13(2)14(3)11-16/h5-6,11,15H,4,7-10,12H2,1-3H3. The number of amides is 1. The van der Waals surface area contributed by atoms with Gasteiger partial charge in [0.2, 0.25) is 5.91 Å². The molecule has 1 aliphatic heterocycles. The number of likely N-dealkylation sites (tertiary alicyclic amines) is 1. The Labute approximate surface area is 142 Å². The van der Waals surface area contributed by atoms with E-state index in [-0.39, 0.29) is 17.8 Å². The van der Waals surface area contributed by atoms with Gasteiger partial charge in [-0.2, -0.15) is 0 Å². The maximum absolute atomic E-state index is 12.3. The molecule has 1 heterocycles. The molecule has 0 atom stereocenters. The van der Waals surface area contributed by atoms with Crippen molar-refractivity contribution in [3.05, 3.63) is 29.3 Å². The molecule has 1 fully saturated rings. The molecule has 1 saturated heterocycles. The highest BCUT2D eigenvalue weighted by Crippen LogP contribution is 2.23. The lowest BCUT2D eigenvalue weighted by molar-refractivity contribution is -0.151. The molecule has 1 aromatic carbocycles. The summed E-state index contributed by atoms with van der Waals surface area (Å²) in [6.07, 6.45) is 1.41. The van der Waals surface area contributed by atoms with Gasteiger partial charge in [-0.15, -0.1) is 11.8 Å². The van der Waals surface area contributed by atoms with Gasteiger partial charge in [-0.1, -0.05) is 6.07 Å². The maximum Gasteiger partial charge on any atom is 0.309 e. The molecule has 2 rings (SSSR count). The zero-order chi connectivity index (χ0) is 16.8. The molecule has 23 heavy (non-hydrogen) atoms. The molecule has 0 unspecified atom stereocenters. The van der Waals surface area contributed by atoms with Crippen LogP contribution >= 0.6 is 11.8 Å². The predicted octanol–water partition coefficient (Wildman–Crippen LogP) is 3.20. The first-order valence-corrected chi connectivity index (χ1v) is 9.14. The number of carbonyl (C=O) groups is 2. The van der Waals surface area contributed by atoms with E-state index in [1.807, 2.05) is 11.8 Å². The molecule has 1 aliphatic rings. The molecule has 0 bridgehead atoms. The lowest BCUT2D eigenvalue weighted by Crippen LogP contribution is -2.41. The number of esters is 1. The van der Waals surface area contributed by atoms with Crippen LogP contribution in [-0.2, 0) is 14.3 Å². The number of carbonyl (C=O) groups excluding carboxylic acids is 2. The molecule has 0 aliphatic carbocycles. The third-order valence-electron chi connectivity index (χ3n) is 4.31. The van der Waals surface area contributed by atoms with E-state index < -0.39 is 0 Å². The van der Waals surface area contributed by atoms with Crippen LogP contribution in [0.5, 0.6) is 0 Å². The van der Waals surface area contributed by atoms with Gasteiger partial charge in [0.05, 0.1) is 18.3 Å². The second kappa shape index (κ2) is 8.39. The van der Waals surface area contributed by atoms with Crippen molar-refractivity contribution in [2.45, 2.75) is 38.5 Å². The summed E-state index contributed by atoms with van der Waals surface area (Å²) >= 11 is 1.58. The van der Waals surface area contributed by atoms with Gasteiger partial charge >= 0.3 is 5.97 Å². The Balaban J connectivity index is 1.79. The molecule has 1 amide bonds. The van der Waals surface area contributed by atoms with Crippen LogP contribution in [0.2, 0.25) is 0 Å². The fourth-order valence-electron chi connectivity index (χ4n) is 2.66. The summed E-state index contributed by atoms with van der Waals surface area (Å²) < 4.78 is 5.06. The molecule has 0 saturated carbocycles. The van der Waals surface area contributed by atoms with Gasteiger partial charge in [0.15, 0.2) is 0 Å². The van der Waals surface area contributed by atoms with Gasteiger partial charge < -0.3 is 9.64 Å². The topological polar surface area (TPSA) is 46.6 Å². The van der Waals surface area contributed by atoms with E-state index in [1.54, 1.807) is 11.8 Å². The van der Waals surface area contributed by atoms with Crippen molar-refractivity contribution in [2.75, 3.05) is 25.4 Å². The minimum atomic E-state index is -0.121. The smallest absolute Gasteiger partial charge is 0.309 e. The fourth-order valence-corrected chi connectivity index (χ4v) is 3.56. The summed E-state index contributed by atoms with van der Waals surface area (Å²) in [5.74, 6) is 0.429. The largest absolute Gasteiger partial charge is 0.466 e. The van der Waals surface area contributed by atoms with Crippen LogP contribution in [0, 0.1) is 19.8 Å². The number of benzene rings is 1. The lowest BCUT2D eigenvalue weighted by atomic mass is 9.97. The van der Waals surface area contributed by atoms with Crippen LogP contribution in [-0.4, -0.2) is 42.2 Å². The van der Waals surface area contributed by atoms with Crippen molar-refractivity contribution in [2.24, 2.45) is 5.92 Å². The van der Waals surface area contributed by atoms with Crippen molar-refractivity contribution < 1.29 is 14.3 Å². The monoisotopic (exact) mass is 335 g/mol. The van der Waals surface area contributed by atoms with Crippen LogP contribution in [0.1, 0.15) is 30.9 Å². The Morgan fingerprint density at radius 1 is 1.22 bits per heavy atom. The number of nitrogens with zero attached hydrogens (tertiary/aromatic N) is 1. The lowest BCUT2D eigenvalue weighted by Gasteiger charge is -2.30. The first-order valence-electron chi connectivity index (χ1n) is 8.15. The molecule has 1 aromatic rings. The van der Waals surface area contributed by atoms with Crippen molar-refractivity contribution in [1.82, 2.24) is 4.90 Å². The molecule has 0 N–H and O–H groups in total. The summed E-state index contributed by atoms with van der Waals surface area (Å²) in [6, 6.07) is 6.28. The normalized spacial score (nSPS) is 15.5. The number of hydrogen-bond acceptors (Lipinski definition) is 4. The Morgan fingerprint density at radius 2 is 1.91 bits per heavy atom. The summed E-state index contributed by atoms with van der Waals surface area (Å²) in [5, 5.41) is 0. The average molecular weight is 335 g/mol. The Kier molecular flexibility index (Phi) is 6.51. The second-order valence-corrected chi connectivity index (χ2v) is 6.99. The van der Waals surface area contributed by atoms with Gasteiger partial charge in [0.25, 0.3) is 0 Å². The molecule has 0 radical (unpaired) electrons. The summed E-state index contributed by atoms with van der Waals surface area (Å²) in [4.78, 5) is 27.0. The van der Waals surface area contributed by atoms with Crippen molar-refractivity contribution >= 4 is 23.6 Å². The number of thioether (sulfide) groups is 1. The predicted molar refractivity (Wildman–Crippen MR) is 92.6 cm³/mol. The van der Waals surface area contributed by atoms with E-state index in [0.717, 1.165) is 4.90 Å². The summed E-state index contributed by atoms with van der Waals surface area (Å²) in [7, 11) is 0. The number of aryl methyl sites for hydroxylation is 2. The highest BCUT2D eigenvalue weighted by Gasteiger charge is 2.27. The number of hydrogen-bond donors (Lipinski definition) is 0. The van der Waals surface area contributed by atoms with Crippen LogP contribution < -0.4 is 0 Å². The summed E-state index contributed by atoms with van der Waals surface area (Å²) in [5.41, 5.74) is 2.51. The molecule has 0 spiro atoms. The van der Waals surface area contributed by atoms with E-state index in [4.69, 9.17) is 4.74 Å². The minimum absolute atomic E-state index is 0.0496. The number of ether oxygens (including phenoxy) is 1. The van der Waals surface area contributed by atoms with Gasteiger partial charge in [-0.05, 0) is 56.9 Å². The van der Waals surface area contributed by atoms with Gasteiger partial charge in [0.1, 0.15) is 0 Å². The second-order valence-electron chi connectivity index (χ2n) is 5.94. The highest BCUT2D eigenvalue weighted by molar-refractivity contribution is 8.00. The third-order valence-corrected chi connectivity index (χ3v) is 5.29. The fraction of sp³-hybridized carbons (Fsp3) is 0.556.